The molecule has 118 valence electrons. The van der Waals surface area contributed by atoms with Crippen molar-refractivity contribution in [2.24, 2.45) is 0 Å². The van der Waals surface area contributed by atoms with Crippen LogP contribution in [0.25, 0.3) is 0 Å². The number of Topliss-reactive ketones (excluding diaryl/α,β-unsaturated/α-hetero) is 1. The first-order valence-electron chi connectivity index (χ1n) is 7.42. The molecule has 0 spiro atoms. The van der Waals surface area contributed by atoms with E-state index in [1.807, 2.05) is 31.2 Å². The molecule has 1 heterocycles. The average molecular weight is 374 g/mol. The fraction of sp³-hybridized carbons (Fsp3) is 0.222. The minimum atomic E-state index is -0.432. The number of carbonyl (C=O) groups is 2. The van der Waals surface area contributed by atoms with E-state index in [9.17, 15) is 9.59 Å². The van der Waals surface area contributed by atoms with Crippen LogP contribution in [0.15, 0.2) is 46.9 Å². The van der Waals surface area contributed by atoms with Gasteiger partial charge in [-0.3, -0.25) is 4.79 Å². The Morgan fingerprint density at radius 1 is 1.26 bits per heavy atom. The molecule has 0 fully saturated rings. The van der Waals surface area contributed by atoms with E-state index in [2.05, 4.69) is 21.2 Å². The van der Waals surface area contributed by atoms with Gasteiger partial charge >= 0.3 is 5.97 Å². The highest BCUT2D eigenvalue weighted by Crippen LogP contribution is 2.25. The number of nitrogens with one attached hydrogen (secondary N) is 1. The lowest BCUT2D eigenvalue weighted by Crippen LogP contribution is -2.19. The largest absolute Gasteiger partial charge is 0.454 e. The van der Waals surface area contributed by atoms with Crippen LogP contribution >= 0.6 is 15.9 Å². The maximum Gasteiger partial charge on any atom is 0.338 e. The van der Waals surface area contributed by atoms with E-state index < -0.39 is 5.97 Å². The van der Waals surface area contributed by atoms with Gasteiger partial charge in [0.05, 0.1) is 5.56 Å². The van der Waals surface area contributed by atoms with Crippen LogP contribution in [0.5, 0.6) is 0 Å². The smallest absolute Gasteiger partial charge is 0.338 e. The summed E-state index contributed by atoms with van der Waals surface area (Å²) in [5.41, 5.74) is 2.63. The van der Waals surface area contributed by atoms with E-state index in [4.69, 9.17) is 4.74 Å². The van der Waals surface area contributed by atoms with Crippen molar-refractivity contribution >= 4 is 33.4 Å². The molecule has 4 nitrogen and oxygen atoms in total. The molecule has 2 aromatic rings. The van der Waals surface area contributed by atoms with Gasteiger partial charge in [-0.25, -0.2) is 4.79 Å². The zero-order valence-corrected chi connectivity index (χ0v) is 14.2. The SMILES string of the molecule is CC(OC(=O)c1ccc2c(c1)C(=O)CCN2)c1cccc(Br)c1. The molecule has 5 heteroatoms. The Kier molecular flexibility index (Phi) is 4.48. The molecule has 0 amide bonds. The second-order valence-electron chi connectivity index (χ2n) is 5.46. The Bertz CT molecular complexity index is 773. The van der Waals surface area contributed by atoms with E-state index in [0.29, 0.717) is 24.1 Å². The van der Waals surface area contributed by atoms with E-state index >= 15 is 0 Å². The standard InChI is InChI=1S/C18H16BrNO3/c1-11(12-3-2-4-14(19)9-12)23-18(22)13-5-6-16-15(10-13)17(21)7-8-20-16/h2-6,9-11,20H,7-8H2,1H3. The number of carbonyl (C=O) groups excluding carboxylic acids is 2. The Labute approximate surface area is 143 Å². The van der Waals surface area contributed by atoms with Crippen LogP contribution in [0.2, 0.25) is 0 Å². The van der Waals surface area contributed by atoms with Gasteiger partial charge in [-0.15, -0.1) is 0 Å². The highest BCUT2D eigenvalue weighted by molar-refractivity contribution is 9.10. The monoisotopic (exact) mass is 373 g/mol. The van der Waals surface area contributed by atoms with Crippen molar-refractivity contribution in [1.82, 2.24) is 0 Å². The number of anilines is 1. The van der Waals surface area contributed by atoms with Crippen LogP contribution in [0.4, 0.5) is 5.69 Å². The molecule has 0 saturated carbocycles. The van der Waals surface area contributed by atoms with E-state index in [-0.39, 0.29) is 11.9 Å². The highest BCUT2D eigenvalue weighted by atomic mass is 79.9. The van der Waals surface area contributed by atoms with E-state index in [1.165, 1.54) is 0 Å². The van der Waals surface area contributed by atoms with E-state index in [1.54, 1.807) is 18.2 Å². The molecule has 23 heavy (non-hydrogen) atoms. The second-order valence-corrected chi connectivity index (χ2v) is 6.38. The van der Waals surface area contributed by atoms with Gasteiger partial charge in [0.15, 0.2) is 5.78 Å². The summed E-state index contributed by atoms with van der Waals surface area (Å²) in [6, 6.07) is 12.7. The van der Waals surface area contributed by atoms with Gasteiger partial charge in [-0.1, -0.05) is 28.1 Å². The summed E-state index contributed by atoms with van der Waals surface area (Å²) in [4.78, 5) is 24.3. The van der Waals surface area contributed by atoms with Gasteiger partial charge in [-0.2, -0.15) is 0 Å². The van der Waals surface area contributed by atoms with Crippen molar-refractivity contribution in [3.05, 3.63) is 63.6 Å². The molecule has 1 unspecified atom stereocenters. The lowest BCUT2D eigenvalue weighted by Gasteiger charge is -2.18. The van der Waals surface area contributed by atoms with Crippen LogP contribution in [-0.2, 0) is 4.74 Å². The molecule has 0 bridgehead atoms. The molecule has 2 aromatic carbocycles. The topological polar surface area (TPSA) is 55.4 Å². The Balaban J connectivity index is 1.78. The maximum atomic E-state index is 12.3. The summed E-state index contributed by atoms with van der Waals surface area (Å²) in [5.74, 6) is -0.382. The third-order valence-electron chi connectivity index (χ3n) is 3.83. The van der Waals surface area contributed by atoms with Gasteiger partial charge in [0, 0.05) is 28.7 Å². The number of esters is 1. The number of fused-ring (bicyclic) bond motifs is 1. The lowest BCUT2D eigenvalue weighted by atomic mass is 9.99. The minimum absolute atomic E-state index is 0.0495. The first-order valence-corrected chi connectivity index (χ1v) is 8.21. The molecule has 0 saturated heterocycles. The number of hydrogen-bond acceptors (Lipinski definition) is 4. The fourth-order valence-electron chi connectivity index (χ4n) is 2.56. The Morgan fingerprint density at radius 3 is 2.87 bits per heavy atom. The fourth-order valence-corrected chi connectivity index (χ4v) is 2.97. The number of rotatable bonds is 3. The number of hydrogen-bond donors (Lipinski definition) is 1. The third-order valence-corrected chi connectivity index (χ3v) is 4.32. The number of benzene rings is 2. The van der Waals surface area contributed by atoms with Crippen molar-refractivity contribution in [2.45, 2.75) is 19.4 Å². The first kappa shape index (κ1) is 15.7. The summed E-state index contributed by atoms with van der Waals surface area (Å²) < 4.78 is 6.45. The second kappa shape index (κ2) is 6.54. The summed E-state index contributed by atoms with van der Waals surface area (Å²) in [6.07, 6.45) is 0.0739. The summed E-state index contributed by atoms with van der Waals surface area (Å²) in [6.45, 7) is 2.46. The maximum absolute atomic E-state index is 12.3. The molecule has 0 aromatic heterocycles. The van der Waals surface area contributed by atoms with Gasteiger partial charge in [0.25, 0.3) is 0 Å². The number of ether oxygens (including phenoxy) is 1. The quantitative estimate of drug-likeness (QED) is 0.811. The number of halogens is 1. The highest BCUT2D eigenvalue weighted by Gasteiger charge is 2.20. The molecule has 3 rings (SSSR count). The van der Waals surface area contributed by atoms with Gasteiger partial charge in [0.1, 0.15) is 6.10 Å². The zero-order chi connectivity index (χ0) is 16.4. The Morgan fingerprint density at radius 2 is 2.09 bits per heavy atom. The van der Waals surface area contributed by atoms with Gasteiger partial charge in [-0.05, 0) is 42.8 Å². The van der Waals surface area contributed by atoms with Crippen molar-refractivity contribution in [3.8, 4) is 0 Å². The molecule has 0 aliphatic carbocycles. The van der Waals surface area contributed by atoms with Crippen molar-refractivity contribution in [3.63, 3.8) is 0 Å². The van der Waals surface area contributed by atoms with E-state index in [0.717, 1.165) is 15.7 Å². The lowest BCUT2D eigenvalue weighted by molar-refractivity contribution is 0.0338. The van der Waals surface area contributed by atoms with Crippen LogP contribution < -0.4 is 5.32 Å². The summed E-state index contributed by atoms with van der Waals surface area (Å²) in [5, 5.41) is 3.15. The van der Waals surface area contributed by atoms with Crippen LogP contribution in [0, 0.1) is 0 Å². The predicted molar refractivity (Wildman–Crippen MR) is 91.9 cm³/mol. The zero-order valence-electron chi connectivity index (χ0n) is 12.6. The van der Waals surface area contributed by atoms with Crippen LogP contribution in [0.3, 0.4) is 0 Å². The molecule has 1 aliphatic rings. The van der Waals surface area contributed by atoms with Crippen molar-refractivity contribution in [2.75, 3.05) is 11.9 Å². The van der Waals surface area contributed by atoms with Crippen molar-refractivity contribution < 1.29 is 14.3 Å². The van der Waals surface area contributed by atoms with Crippen LogP contribution in [0.1, 0.15) is 45.7 Å². The predicted octanol–water partition coefficient (Wildman–Crippen LogP) is 4.37. The third kappa shape index (κ3) is 3.45. The normalized spacial score (nSPS) is 14.6. The molecule has 1 atom stereocenters. The van der Waals surface area contributed by atoms with Gasteiger partial charge in [0.2, 0.25) is 0 Å². The molecule has 1 N–H and O–H groups in total. The van der Waals surface area contributed by atoms with Gasteiger partial charge < -0.3 is 10.1 Å². The average Bonchev–Trinajstić information content (AvgIpc) is 2.55. The summed E-state index contributed by atoms with van der Waals surface area (Å²) >= 11 is 3.40. The molecular weight excluding hydrogens is 358 g/mol. The first-order chi connectivity index (χ1) is 11.0. The Hall–Kier alpha value is -2.14. The van der Waals surface area contributed by atoms with Crippen molar-refractivity contribution in [1.29, 1.82) is 0 Å². The molecule has 1 aliphatic heterocycles. The molecular formula is C18H16BrNO3. The van der Waals surface area contributed by atoms with Crippen LogP contribution in [-0.4, -0.2) is 18.3 Å². The number of ketones is 1. The molecule has 0 radical (unpaired) electrons. The summed E-state index contributed by atoms with van der Waals surface area (Å²) in [7, 11) is 0. The minimum Gasteiger partial charge on any atom is -0.454 e.